The van der Waals surface area contributed by atoms with Gasteiger partial charge in [-0.05, 0) is 57.0 Å². The maximum Gasteiger partial charge on any atom is 0.338 e. The van der Waals surface area contributed by atoms with Crippen molar-refractivity contribution in [3.63, 3.8) is 0 Å². The summed E-state index contributed by atoms with van der Waals surface area (Å²) in [6.07, 6.45) is 1.72. The van der Waals surface area contributed by atoms with Crippen molar-refractivity contribution in [3.8, 4) is 0 Å². The minimum absolute atomic E-state index is 0.154. The molecule has 0 N–H and O–H groups in total. The highest BCUT2D eigenvalue weighted by atomic mass is 32.2. The van der Waals surface area contributed by atoms with Gasteiger partial charge >= 0.3 is 5.97 Å². The summed E-state index contributed by atoms with van der Waals surface area (Å²) in [4.78, 5) is 26.4. The van der Waals surface area contributed by atoms with Crippen LogP contribution >= 0.6 is 11.3 Å². The Balaban J connectivity index is 1.64. The number of nitrogens with zero attached hydrogens (tertiary/aromatic N) is 1. The maximum atomic E-state index is 12.5. The fourth-order valence-corrected chi connectivity index (χ4v) is 5.50. The van der Waals surface area contributed by atoms with E-state index < -0.39 is 16.0 Å². The van der Waals surface area contributed by atoms with E-state index in [0.717, 1.165) is 22.6 Å². The van der Waals surface area contributed by atoms with Gasteiger partial charge in [-0.25, -0.2) is 13.2 Å². The average Bonchev–Trinajstić information content (AvgIpc) is 3.29. The summed E-state index contributed by atoms with van der Waals surface area (Å²) >= 11 is 1.52. The summed E-state index contributed by atoms with van der Waals surface area (Å²) in [5.74, 6) is -0.906. The third-order valence-electron chi connectivity index (χ3n) is 4.47. The second-order valence-electron chi connectivity index (χ2n) is 6.46. The standard InChI is InChI=1S/C19H21NO5S2/c1-13-11-17(14(2)26-13)18(21)12-25-19(22)15-5-7-16(8-6-15)27(23,24)20-9-3-4-10-20/h5-8,11H,3-4,9-10,12H2,1-2H3. The van der Waals surface area contributed by atoms with Crippen LogP contribution in [-0.4, -0.2) is 44.2 Å². The van der Waals surface area contributed by atoms with Gasteiger partial charge in [-0.2, -0.15) is 4.31 Å². The van der Waals surface area contributed by atoms with Gasteiger partial charge in [0, 0.05) is 28.4 Å². The monoisotopic (exact) mass is 407 g/mol. The Kier molecular flexibility index (Phi) is 5.78. The fourth-order valence-electron chi connectivity index (χ4n) is 3.04. The molecule has 0 unspecified atom stereocenters. The van der Waals surface area contributed by atoms with Crippen LogP contribution in [-0.2, 0) is 14.8 Å². The largest absolute Gasteiger partial charge is 0.454 e. The van der Waals surface area contributed by atoms with Crippen LogP contribution in [0.4, 0.5) is 0 Å². The van der Waals surface area contributed by atoms with Gasteiger partial charge in [0.2, 0.25) is 15.8 Å². The molecule has 27 heavy (non-hydrogen) atoms. The number of thiophene rings is 1. The molecule has 0 atom stereocenters. The lowest BCUT2D eigenvalue weighted by molar-refractivity contribution is 0.0474. The van der Waals surface area contributed by atoms with E-state index >= 15 is 0 Å². The SMILES string of the molecule is Cc1cc(C(=O)COC(=O)c2ccc(S(=O)(=O)N3CCCC3)cc2)c(C)s1. The normalized spacial score (nSPS) is 15.0. The number of hydrogen-bond acceptors (Lipinski definition) is 6. The van der Waals surface area contributed by atoms with Gasteiger partial charge in [0.1, 0.15) is 0 Å². The zero-order valence-electron chi connectivity index (χ0n) is 15.2. The van der Waals surface area contributed by atoms with Gasteiger partial charge in [0.15, 0.2) is 6.61 Å². The number of sulfonamides is 1. The molecule has 144 valence electrons. The fraction of sp³-hybridized carbons (Fsp3) is 0.368. The lowest BCUT2D eigenvalue weighted by Gasteiger charge is -2.15. The number of hydrogen-bond donors (Lipinski definition) is 0. The number of carbonyl (C=O) groups is 2. The van der Waals surface area contributed by atoms with E-state index in [4.69, 9.17) is 4.74 Å². The first-order valence-electron chi connectivity index (χ1n) is 8.66. The van der Waals surface area contributed by atoms with Crippen molar-refractivity contribution >= 4 is 33.1 Å². The summed E-state index contributed by atoms with van der Waals surface area (Å²) in [6.45, 7) is 4.47. The highest BCUT2D eigenvalue weighted by Crippen LogP contribution is 2.22. The zero-order chi connectivity index (χ0) is 19.6. The molecule has 0 spiro atoms. The molecular formula is C19H21NO5S2. The number of ketones is 1. The Morgan fingerprint density at radius 2 is 1.74 bits per heavy atom. The van der Waals surface area contributed by atoms with Crippen LogP contribution in [0.15, 0.2) is 35.2 Å². The Morgan fingerprint density at radius 3 is 2.30 bits per heavy atom. The van der Waals surface area contributed by atoms with Crippen LogP contribution in [0.25, 0.3) is 0 Å². The van der Waals surface area contributed by atoms with Crippen LogP contribution < -0.4 is 0 Å². The Labute approximate surface area is 162 Å². The van der Waals surface area contributed by atoms with Crippen LogP contribution in [0.3, 0.4) is 0 Å². The Morgan fingerprint density at radius 1 is 1.11 bits per heavy atom. The number of esters is 1. The molecule has 1 aliphatic rings. The Hall–Kier alpha value is -2.03. The van der Waals surface area contributed by atoms with Gasteiger partial charge in [-0.15, -0.1) is 11.3 Å². The van der Waals surface area contributed by atoms with Crippen molar-refractivity contribution in [3.05, 3.63) is 51.2 Å². The topological polar surface area (TPSA) is 80.8 Å². The molecule has 8 heteroatoms. The van der Waals surface area contributed by atoms with E-state index in [2.05, 4.69) is 0 Å². The van der Waals surface area contributed by atoms with E-state index in [1.807, 2.05) is 13.8 Å². The first-order chi connectivity index (χ1) is 12.8. The van der Waals surface area contributed by atoms with Crippen molar-refractivity contribution in [2.75, 3.05) is 19.7 Å². The lowest BCUT2D eigenvalue weighted by atomic mass is 10.2. The number of carbonyl (C=O) groups excluding carboxylic acids is 2. The summed E-state index contributed by atoms with van der Waals surface area (Å²) in [7, 11) is -3.52. The van der Waals surface area contributed by atoms with Gasteiger partial charge in [0.25, 0.3) is 0 Å². The van der Waals surface area contributed by atoms with Crippen molar-refractivity contribution in [2.45, 2.75) is 31.6 Å². The second kappa shape index (κ2) is 7.92. The third kappa shape index (κ3) is 4.28. The first kappa shape index (κ1) is 19.7. The summed E-state index contributed by atoms with van der Waals surface area (Å²) in [6, 6.07) is 7.41. The number of Topliss-reactive ketones (excluding diaryl/α,β-unsaturated/α-hetero) is 1. The molecule has 6 nitrogen and oxygen atoms in total. The number of benzene rings is 1. The minimum atomic E-state index is -3.52. The number of aryl methyl sites for hydroxylation is 2. The highest BCUT2D eigenvalue weighted by molar-refractivity contribution is 7.89. The van der Waals surface area contributed by atoms with E-state index in [1.165, 1.54) is 39.9 Å². The molecular weight excluding hydrogens is 386 g/mol. The molecule has 1 aromatic heterocycles. The van der Waals surface area contributed by atoms with Crippen LogP contribution in [0.5, 0.6) is 0 Å². The van der Waals surface area contributed by atoms with Crippen LogP contribution in [0.1, 0.15) is 43.3 Å². The molecule has 0 amide bonds. The quantitative estimate of drug-likeness (QED) is 0.543. The average molecular weight is 408 g/mol. The Bertz CT molecular complexity index is 954. The molecule has 0 saturated carbocycles. The van der Waals surface area contributed by atoms with Crippen molar-refractivity contribution in [1.82, 2.24) is 4.31 Å². The maximum absolute atomic E-state index is 12.5. The van der Waals surface area contributed by atoms with E-state index in [-0.39, 0.29) is 22.8 Å². The predicted octanol–water partition coefficient (Wildman–Crippen LogP) is 3.19. The summed E-state index contributed by atoms with van der Waals surface area (Å²) < 4.78 is 31.5. The number of rotatable bonds is 6. The zero-order valence-corrected chi connectivity index (χ0v) is 16.9. The highest BCUT2D eigenvalue weighted by Gasteiger charge is 2.27. The minimum Gasteiger partial charge on any atom is -0.454 e. The second-order valence-corrected chi connectivity index (χ2v) is 9.86. The van der Waals surface area contributed by atoms with E-state index in [9.17, 15) is 18.0 Å². The van der Waals surface area contributed by atoms with Crippen molar-refractivity contribution in [1.29, 1.82) is 0 Å². The molecule has 2 heterocycles. The molecule has 0 radical (unpaired) electrons. The lowest BCUT2D eigenvalue weighted by Crippen LogP contribution is -2.27. The molecule has 3 rings (SSSR count). The smallest absolute Gasteiger partial charge is 0.338 e. The third-order valence-corrected chi connectivity index (χ3v) is 7.35. The van der Waals surface area contributed by atoms with Crippen molar-refractivity contribution in [2.24, 2.45) is 0 Å². The molecule has 1 saturated heterocycles. The van der Waals surface area contributed by atoms with Gasteiger partial charge < -0.3 is 4.74 Å². The first-order valence-corrected chi connectivity index (χ1v) is 10.9. The van der Waals surface area contributed by atoms with Gasteiger partial charge in [-0.1, -0.05) is 0 Å². The number of ether oxygens (including phenoxy) is 1. The van der Waals surface area contributed by atoms with Crippen LogP contribution in [0.2, 0.25) is 0 Å². The summed E-state index contributed by atoms with van der Waals surface area (Å²) in [5, 5.41) is 0. The molecule has 1 aliphatic heterocycles. The van der Waals surface area contributed by atoms with Crippen LogP contribution in [0, 0.1) is 13.8 Å². The van der Waals surface area contributed by atoms with Crippen molar-refractivity contribution < 1.29 is 22.7 Å². The molecule has 0 aliphatic carbocycles. The molecule has 2 aromatic rings. The van der Waals surface area contributed by atoms with Gasteiger partial charge in [-0.3, -0.25) is 4.79 Å². The van der Waals surface area contributed by atoms with E-state index in [1.54, 1.807) is 6.07 Å². The molecule has 1 aromatic carbocycles. The summed E-state index contributed by atoms with van der Waals surface area (Å²) in [5.41, 5.74) is 0.777. The predicted molar refractivity (Wildman–Crippen MR) is 103 cm³/mol. The van der Waals surface area contributed by atoms with E-state index in [0.29, 0.717) is 18.7 Å². The molecule has 1 fully saturated rings. The van der Waals surface area contributed by atoms with Gasteiger partial charge in [0.05, 0.1) is 10.5 Å². The molecule has 0 bridgehead atoms.